The van der Waals surface area contributed by atoms with Gasteiger partial charge in [0.15, 0.2) is 0 Å². The van der Waals surface area contributed by atoms with Gasteiger partial charge >= 0.3 is 6.18 Å². The van der Waals surface area contributed by atoms with Gasteiger partial charge in [-0.15, -0.1) is 0 Å². The van der Waals surface area contributed by atoms with Crippen molar-refractivity contribution < 1.29 is 13.2 Å². The molecule has 1 heterocycles. The third-order valence-corrected chi connectivity index (χ3v) is 3.88. The number of nitrogens with one attached hydrogen (secondary N) is 2. The minimum absolute atomic E-state index is 0.0762. The highest BCUT2D eigenvalue weighted by Gasteiger charge is 2.35. The largest absolute Gasteiger partial charge is 0.421 e. The summed E-state index contributed by atoms with van der Waals surface area (Å²) in [5.74, 6) is -0.227. The second-order valence-electron chi connectivity index (χ2n) is 5.08. The first-order valence-corrected chi connectivity index (χ1v) is 8.28. The third kappa shape index (κ3) is 4.59. The van der Waals surface area contributed by atoms with Gasteiger partial charge in [-0.1, -0.05) is 24.3 Å². The van der Waals surface area contributed by atoms with Gasteiger partial charge in [0.1, 0.15) is 11.4 Å². The van der Waals surface area contributed by atoms with E-state index in [-0.39, 0.29) is 11.8 Å². The molecule has 8 heteroatoms. The molecule has 1 aromatic heterocycles. The smallest absolute Gasteiger partial charge is 0.340 e. The summed E-state index contributed by atoms with van der Waals surface area (Å²) in [5.41, 5.74) is 0.272. The lowest BCUT2D eigenvalue weighted by atomic mass is 10.2. The van der Waals surface area contributed by atoms with E-state index < -0.39 is 11.7 Å². The van der Waals surface area contributed by atoms with Crippen molar-refractivity contribution in [2.45, 2.75) is 6.18 Å². The van der Waals surface area contributed by atoms with Gasteiger partial charge in [-0.25, -0.2) is 4.98 Å². The zero-order valence-electron chi connectivity index (χ0n) is 12.7. The van der Waals surface area contributed by atoms with Gasteiger partial charge in [0.2, 0.25) is 5.95 Å². The predicted molar refractivity (Wildman–Crippen MR) is 99.2 cm³/mol. The minimum Gasteiger partial charge on any atom is -0.340 e. The Morgan fingerprint density at radius 1 is 0.880 bits per heavy atom. The molecule has 128 valence electrons. The van der Waals surface area contributed by atoms with Gasteiger partial charge in [0.25, 0.3) is 0 Å². The lowest BCUT2D eigenvalue weighted by Crippen LogP contribution is -2.12. The molecule has 25 heavy (non-hydrogen) atoms. The minimum atomic E-state index is -4.56. The number of hydrogen-bond acceptors (Lipinski definition) is 4. The van der Waals surface area contributed by atoms with Gasteiger partial charge in [0, 0.05) is 21.1 Å². The summed E-state index contributed by atoms with van der Waals surface area (Å²) in [5, 5.41) is 5.62. The summed E-state index contributed by atoms with van der Waals surface area (Å²) in [6, 6.07) is 16.0. The molecule has 0 aliphatic rings. The Balaban J connectivity index is 1.96. The van der Waals surface area contributed by atoms with Crippen LogP contribution in [0.2, 0.25) is 0 Å². The fraction of sp³-hybridized carbons (Fsp3) is 0.0588. The van der Waals surface area contributed by atoms with Gasteiger partial charge in [-0.3, -0.25) is 0 Å². The Bertz CT molecular complexity index is 869. The van der Waals surface area contributed by atoms with Crippen molar-refractivity contribution in [1.82, 2.24) is 9.97 Å². The van der Waals surface area contributed by atoms with E-state index in [1.807, 2.05) is 12.1 Å². The second-order valence-corrected chi connectivity index (χ2v) is 6.33. The molecule has 0 radical (unpaired) electrons. The van der Waals surface area contributed by atoms with Gasteiger partial charge in [-0.2, -0.15) is 18.2 Å². The van der Waals surface area contributed by atoms with E-state index >= 15 is 0 Å². The van der Waals surface area contributed by atoms with Crippen LogP contribution in [0.25, 0.3) is 0 Å². The average molecular weight is 456 g/mol. The number of para-hydroxylation sites is 1. The lowest BCUT2D eigenvalue weighted by molar-refractivity contribution is -0.137. The first-order chi connectivity index (χ1) is 11.9. The van der Waals surface area contributed by atoms with E-state index in [2.05, 4.69) is 43.2 Å². The van der Waals surface area contributed by atoms with Crippen LogP contribution in [0.1, 0.15) is 5.56 Å². The van der Waals surface area contributed by atoms with Crippen LogP contribution in [0.5, 0.6) is 0 Å². The van der Waals surface area contributed by atoms with Crippen molar-refractivity contribution >= 4 is 45.7 Å². The maximum Gasteiger partial charge on any atom is 0.421 e. The Kier molecular flexibility index (Phi) is 5.07. The number of hydrogen-bond donors (Lipinski definition) is 2. The van der Waals surface area contributed by atoms with E-state index in [9.17, 15) is 13.2 Å². The summed E-state index contributed by atoms with van der Waals surface area (Å²) in [6.07, 6.45) is -3.79. The van der Waals surface area contributed by atoms with Crippen LogP contribution in [-0.2, 0) is 6.18 Å². The van der Waals surface area contributed by atoms with E-state index in [0.29, 0.717) is 11.4 Å². The number of aromatic nitrogens is 2. The van der Waals surface area contributed by atoms with Crippen LogP contribution >= 0.6 is 22.6 Å². The third-order valence-electron chi connectivity index (χ3n) is 3.21. The molecular formula is C17H12F3IN4. The molecule has 0 amide bonds. The van der Waals surface area contributed by atoms with Crippen LogP contribution in [0, 0.1) is 3.57 Å². The van der Waals surface area contributed by atoms with E-state index in [1.165, 1.54) is 0 Å². The van der Waals surface area contributed by atoms with Gasteiger partial charge in [-0.05, 0) is 52.9 Å². The Hall–Kier alpha value is -2.36. The highest BCUT2D eigenvalue weighted by molar-refractivity contribution is 14.1. The van der Waals surface area contributed by atoms with Crippen LogP contribution in [0.15, 0.2) is 60.8 Å². The second kappa shape index (κ2) is 7.26. The summed E-state index contributed by atoms with van der Waals surface area (Å²) in [6.45, 7) is 0. The van der Waals surface area contributed by atoms with Gasteiger partial charge in [0.05, 0.1) is 0 Å². The maximum absolute atomic E-state index is 13.2. The van der Waals surface area contributed by atoms with Crippen LogP contribution in [0.3, 0.4) is 0 Å². The monoisotopic (exact) mass is 456 g/mol. The molecule has 2 aromatic carbocycles. The Morgan fingerprint density at radius 2 is 1.60 bits per heavy atom. The van der Waals surface area contributed by atoms with Crippen molar-refractivity contribution in [3.63, 3.8) is 0 Å². The van der Waals surface area contributed by atoms with Crippen LogP contribution < -0.4 is 10.6 Å². The molecule has 3 aromatic rings. The normalized spacial score (nSPS) is 11.2. The zero-order chi connectivity index (χ0) is 17.9. The molecular weight excluding hydrogens is 444 g/mol. The molecule has 0 aliphatic carbocycles. The predicted octanol–water partition coefficient (Wildman–Crippen LogP) is 5.59. The Morgan fingerprint density at radius 3 is 2.28 bits per heavy atom. The Labute approximate surface area is 155 Å². The quantitative estimate of drug-likeness (QED) is 0.503. The highest BCUT2D eigenvalue weighted by Crippen LogP contribution is 2.35. The number of benzene rings is 2. The molecule has 2 N–H and O–H groups in total. The first-order valence-electron chi connectivity index (χ1n) is 7.21. The number of halogens is 4. The molecule has 0 spiro atoms. The van der Waals surface area contributed by atoms with Crippen LogP contribution in [-0.4, -0.2) is 9.97 Å². The topological polar surface area (TPSA) is 49.8 Å². The highest BCUT2D eigenvalue weighted by atomic mass is 127. The number of rotatable bonds is 4. The molecule has 0 bridgehead atoms. The number of alkyl halides is 3. The first kappa shape index (κ1) is 17.5. The standard InChI is InChI=1S/C17H12F3IN4/c18-17(19,20)14-10-22-16(24-12-6-2-1-3-7-12)25-15(14)23-13-8-4-5-11(21)9-13/h1-10H,(H2,22,23,24,25). The molecule has 0 saturated carbocycles. The summed E-state index contributed by atoms with van der Waals surface area (Å²) >= 11 is 2.09. The van der Waals surface area contributed by atoms with E-state index in [4.69, 9.17) is 0 Å². The van der Waals surface area contributed by atoms with E-state index in [1.54, 1.807) is 42.5 Å². The zero-order valence-corrected chi connectivity index (χ0v) is 14.8. The number of anilines is 4. The number of nitrogens with zero attached hydrogens (tertiary/aromatic N) is 2. The molecule has 3 rings (SSSR count). The van der Waals surface area contributed by atoms with Crippen molar-refractivity contribution in [3.05, 3.63) is 69.9 Å². The molecule has 0 aliphatic heterocycles. The molecule has 0 atom stereocenters. The van der Waals surface area contributed by atoms with Crippen molar-refractivity contribution in [2.75, 3.05) is 10.6 Å². The van der Waals surface area contributed by atoms with Gasteiger partial charge < -0.3 is 10.6 Å². The fourth-order valence-electron chi connectivity index (χ4n) is 2.10. The van der Waals surface area contributed by atoms with Crippen molar-refractivity contribution in [1.29, 1.82) is 0 Å². The molecule has 0 saturated heterocycles. The lowest BCUT2D eigenvalue weighted by Gasteiger charge is -2.15. The van der Waals surface area contributed by atoms with E-state index in [0.717, 1.165) is 9.77 Å². The molecule has 0 unspecified atom stereocenters. The fourth-order valence-corrected chi connectivity index (χ4v) is 2.64. The van der Waals surface area contributed by atoms with Crippen molar-refractivity contribution in [2.24, 2.45) is 0 Å². The summed E-state index contributed by atoms with van der Waals surface area (Å²) in [4.78, 5) is 7.78. The SMILES string of the molecule is FC(F)(F)c1cnc(Nc2ccccc2)nc1Nc1cccc(I)c1. The molecule has 4 nitrogen and oxygen atoms in total. The summed E-state index contributed by atoms with van der Waals surface area (Å²) < 4.78 is 40.6. The van der Waals surface area contributed by atoms with Crippen molar-refractivity contribution in [3.8, 4) is 0 Å². The van der Waals surface area contributed by atoms with Crippen LogP contribution in [0.4, 0.5) is 36.3 Å². The molecule has 0 fully saturated rings. The maximum atomic E-state index is 13.2. The average Bonchev–Trinajstić information content (AvgIpc) is 2.55. The summed E-state index contributed by atoms with van der Waals surface area (Å²) in [7, 11) is 0.